The molecule has 9 heteroatoms. The molecule has 0 saturated carbocycles. The van der Waals surface area contributed by atoms with Crippen molar-refractivity contribution in [3.05, 3.63) is 89.0 Å². The van der Waals surface area contributed by atoms with E-state index in [2.05, 4.69) is 17.2 Å². The number of unbranched alkanes of at least 4 members (excludes halogenated alkanes) is 1. The van der Waals surface area contributed by atoms with Gasteiger partial charge in [-0.3, -0.25) is 14.8 Å². The number of nitrogens with zero attached hydrogens (tertiary/aromatic N) is 2. The molecule has 2 atom stereocenters. The van der Waals surface area contributed by atoms with Crippen LogP contribution in [0, 0.1) is 6.92 Å². The third kappa shape index (κ3) is 7.02. The maximum absolute atomic E-state index is 13.8. The molecule has 9 nitrogen and oxygen atoms in total. The highest BCUT2D eigenvalue weighted by Crippen LogP contribution is 2.23. The molecule has 1 heterocycles. The molecule has 2 aromatic carbocycles. The van der Waals surface area contributed by atoms with Gasteiger partial charge in [0.2, 0.25) is 11.8 Å². The molecule has 3 aromatic rings. The van der Waals surface area contributed by atoms with E-state index in [9.17, 15) is 19.5 Å². The van der Waals surface area contributed by atoms with Gasteiger partial charge in [-0.15, -0.1) is 0 Å². The standard InChI is InChI=1S/C27H32N4O5/c1-3-4-8-23-28-13-14-31(23)25(20-9-11-21(12-10-20)27(34)35)26(33)29-22(17-24(32)30-36)16-19-7-5-6-18(2)15-19/h5-7,9-15,22,25,36H,3-4,8,16-17H2,1-2H3,(H,29,33)(H,30,32)(H,34,35)/t22-,25+/m1/s1. The lowest BCUT2D eigenvalue weighted by Crippen LogP contribution is -2.43. The Morgan fingerprint density at radius 1 is 1.11 bits per heavy atom. The highest BCUT2D eigenvalue weighted by atomic mass is 16.5. The number of carboxylic acids is 1. The average Bonchev–Trinajstić information content (AvgIpc) is 3.31. The van der Waals surface area contributed by atoms with E-state index in [1.165, 1.54) is 12.1 Å². The molecule has 4 N–H and O–H groups in total. The summed E-state index contributed by atoms with van der Waals surface area (Å²) >= 11 is 0. The average molecular weight is 493 g/mol. The summed E-state index contributed by atoms with van der Waals surface area (Å²) in [4.78, 5) is 41.6. The number of hydrogen-bond acceptors (Lipinski definition) is 5. The van der Waals surface area contributed by atoms with Crippen molar-refractivity contribution >= 4 is 17.8 Å². The van der Waals surface area contributed by atoms with Crippen molar-refractivity contribution in [1.82, 2.24) is 20.3 Å². The van der Waals surface area contributed by atoms with Crippen LogP contribution in [-0.4, -0.2) is 43.7 Å². The third-order valence-corrected chi connectivity index (χ3v) is 5.97. The van der Waals surface area contributed by atoms with Crippen LogP contribution in [0.3, 0.4) is 0 Å². The van der Waals surface area contributed by atoms with E-state index < -0.39 is 24.0 Å². The molecule has 0 saturated heterocycles. The first-order chi connectivity index (χ1) is 17.3. The Labute approximate surface area is 210 Å². The van der Waals surface area contributed by atoms with Crippen molar-refractivity contribution in [2.24, 2.45) is 0 Å². The lowest BCUT2D eigenvalue weighted by atomic mass is 9.99. The van der Waals surface area contributed by atoms with Gasteiger partial charge < -0.3 is 15.0 Å². The lowest BCUT2D eigenvalue weighted by Gasteiger charge is -2.25. The lowest BCUT2D eigenvalue weighted by molar-refractivity contribution is -0.130. The van der Waals surface area contributed by atoms with Gasteiger partial charge in [0.25, 0.3) is 0 Å². The molecule has 0 aliphatic rings. The van der Waals surface area contributed by atoms with E-state index in [-0.39, 0.29) is 17.9 Å². The van der Waals surface area contributed by atoms with Crippen molar-refractivity contribution in [2.75, 3.05) is 0 Å². The Kier molecular flexibility index (Phi) is 9.35. The predicted octanol–water partition coefficient (Wildman–Crippen LogP) is 3.44. The molecule has 1 aromatic heterocycles. The van der Waals surface area contributed by atoms with E-state index in [0.29, 0.717) is 18.4 Å². The molecule has 190 valence electrons. The fourth-order valence-electron chi connectivity index (χ4n) is 4.20. The first-order valence-corrected chi connectivity index (χ1v) is 12.0. The highest BCUT2D eigenvalue weighted by molar-refractivity contribution is 5.88. The third-order valence-electron chi connectivity index (χ3n) is 5.97. The molecule has 0 spiro atoms. The van der Waals surface area contributed by atoms with Gasteiger partial charge in [-0.1, -0.05) is 55.3 Å². The molecule has 0 aliphatic carbocycles. The molecule has 0 bridgehead atoms. The number of benzene rings is 2. The van der Waals surface area contributed by atoms with Crippen LogP contribution in [0.2, 0.25) is 0 Å². The van der Waals surface area contributed by atoms with E-state index >= 15 is 0 Å². The van der Waals surface area contributed by atoms with Crippen LogP contribution in [0.15, 0.2) is 60.9 Å². The van der Waals surface area contributed by atoms with E-state index in [1.807, 2.05) is 31.2 Å². The van der Waals surface area contributed by atoms with Crippen molar-refractivity contribution in [1.29, 1.82) is 0 Å². The Balaban J connectivity index is 1.95. The molecule has 36 heavy (non-hydrogen) atoms. The van der Waals surface area contributed by atoms with Crippen LogP contribution >= 0.6 is 0 Å². The molecule has 0 aliphatic heterocycles. The Bertz CT molecular complexity index is 1190. The maximum Gasteiger partial charge on any atom is 0.335 e. The number of amides is 2. The molecule has 0 radical (unpaired) electrons. The van der Waals surface area contributed by atoms with Crippen LogP contribution < -0.4 is 10.8 Å². The molecule has 0 unspecified atom stereocenters. The first-order valence-electron chi connectivity index (χ1n) is 12.0. The quantitative estimate of drug-likeness (QED) is 0.226. The van der Waals surface area contributed by atoms with E-state index in [4.69, 9.17) is 5.21 Å². The van der Waals surface area contributed by atoms with Gasteiger partial charge in [-0.05, 0) is 43.0 Å². The number of carbonyl (C=O) groups is 3. The topological polar surface area (TPSA) is 134 Å². The van der Waals surface area contributed by atoms with Crippen molar-refractivity contribution in [2.45, 2.75) is 58.0 Å². The van der Waals surface area contributed by atoms with Gasteiger partial charge in [0, 0.05) is 31.3 Å². The summed E-state index contributed by atoms with van der Waals surface area (Å²) in [6, 6.07) is 12.5. The Morgan fingerprint density at radius 3 is 2.50 bits per heavy atom. The smallest absolute Gasteiger partial charge is 0.335 e. The number of aromatic carboxylic acids is 1. The minimum absolute atomic E-state index is 0.117. The van der Waals surface area contributed by atoms with Crippen molar-refractivity contribution in [3.63, 3.8) is 0 Å². The second kappa shape index (κ2) is 12.6. The molecule has 3 rings (SSSR count). The second-order valence-corrected chi connectivity index (χ2v) is 8.82. The van der Waals surface area contributed by atoms with Crippen LogP contribution in [0.25, 0.3) is 0 Å². The molecular formula is C27H32N4O5. The summed E-state index contributed by atoms with van der Waals surface area (Å²) in [5.74, 6) is -1.29. The number of rotatable bonds is 12. The number of aromatic nitrogens is 2. The largest absolute Gasteiger partial charge is 0.478 e. The van der Waals surface area contributed by atoms with Crippen molar-refractivity contribution < 1.29 is 24.7 Å². The summed E-state index contributed by atoms with van der Waals surface area (Å²) in [7, 11) is 0. The zero-order valence-corrected chi connectivity index (χ0v) is 20.5. The summed E-state index contributed by atoms with van der Waals surface area (Å²) in [6.45, 7) is 4.04. The summed E-state index contributed by atoms with van der Waals surface area (Å²) < 4.78 is 1.79. The second-order valence-electron chi connectivity index (χ2n) is 8.82. The van der Waals surface area contributed by atoms with Crippen LogP contribution in [0.5, 0.6) is 0 Å². The summed E-state index contributed by atoms with van der Waals surface area (Å²) in [5.41, 5.74) is 4.35. The number of hydrogen-bond donors (Lipinski definition) is 4. The van der Waals surface area contributed by atoms with Gasteiger partial charge in [0.1, 0.15) is 11.9 Å². The monoisotopic (exact) mass is 492 g/mol. The first kappa shape index (κ1) is 26.6. The molecular weight excluding hydrogens is 460 g/mol. The minimum Gasteiger partial charge on any atom is -0.478 e. The minimum atomic E-state index is -1.05. The molecule has 0 fully saturated rings. The zero-order chi connectivity index (χ0) is 26.1. The van der Waals surface area contributed by atoms with E-state index in [0.717, 1.165) is 29.8 Å². The summed E-state index contributed by atoms with van der Waals surface area (Å²) in [5, 5.41) is 21.3. The summed E-state index contributed by atoms with van der Waals surface area (Å²) in [6.07, 6.45) is 6.18. The Hall–Kier alpha value is -3.98. The highest BCUT2D eigenvalue weighted by Gasteiger charge is 2.28. The number of nitrogens with one attached hydrogen (secondary N) is 2. The van der Waals surface area contributed by atoms with Gasteiger partial charge in [0.05, 0.1) is 5.56 Å². The van der Waals surface area contributed by atoms with Gasteiger partial charge in [0.15, 0.2) is 0 Å². The number of carbonyl (C=O) groups excluding carboxylic acids is 2. The van der Waals surface area contributed by atoms with Crippen LogP contribution in [0.1, 0.15) is 65.1 Å². The zero-order valence-electron chi connectivity index (χ0n) is 20.5. The van der Waals surface area contributed by atoms with Gasteiger partial charge >= 0.3 is 5.97 Å². The van der Waals surface area contributed by atoms with Gasteiger partial charge in [-0.25, -0.2) is 15.3 Å². The number of imidazole rings is 1. The molecule has 2 amide bonds. The maximum atomic E-state index is 13.8. The normalized spacial score (nSPS) is 12.5. The van der Waals surface area contributed by atoms with Crippen LogP contribution in [-0.2, 0) is 22.4 Å². The Morgan fingerprint density at radius 2 is 1.86 bits per heavy atom. The predicted molar refractivity (Wildman–Crippen MR) is 134 cm³/mol. The van der Waals surface area contributed by atoms with Crippen molar-refractivity contribution in [3.8, 4) is 0 Å². The fraction of sp³-hybridized carbons (Fsp3) is 0.333. The fourth-order valence-corrected chi connectivity index (χ4v) is 4.20. The number of carboxylic acid groups (broad SMARTS) is 1. The van der Waals surface area contributed by atoms with Crippen LogP contribution in [0.4, 0.5) is 0 Å². The SMILES string of the molecule is CCCCc1nccn1[C@H](C(=O)N[C@@H](CC(=O)NO)Cc1cccc(C)c1)c1ccc(C(=O)O)cc1. The number of hydroxylamine groups is 1. The van der Waals surface area contributed by atoms with E-state index in [1.54, 1.807) is 34.6 Å². The number of aryl methyl sites for hydroxylation is 2. The van der Waals surface area contributed by atoms with Gasteiger partial charge in [-0.2, -0.15) is 0 Å².